The molecular formula is C11H16BrNOS. The van der Waals surface area contributed by atoms with Crippen LogP contribution in [0.5, 0.6) is 0 Å². The number of hydrogen-bond acceptors (Lipinski definition) is 2. The van der Waals surface area contributed by atoms with E-state index < -0.39 is 0 Å². The predicted octanol–water partition coefficient (Wildman–Crippen LogP) is 2.52. The van der Waals surface area contributed by atoms with E-state index in [1.165, 1.54) is 32.1 Å². The highest BCUT2D eigenvalue weighted by atomic mass is 79.9. The van der Waals surface area contributed by atoms with E-state index in [0.717, 1.165) is 6.54 Å². The fourth-order valence-corrected chi connectivity index (χ4v) is 3.07. The second-order valence-corrected chi connectivity index (χ2v) is 5.52. The number of halogens is 1. The van der Waals surface area contributed by atoms with Gasteiger partial charge in [0.15, 0.2) is 0 Å². The van der Waals surface area contributed by atoms with Gasteiger partial charge in [-0.3, -0.25) is 4.79 Å². The first kappa shape index (κ1) is 12.9. The van der Waals surface area contributed by atoms with Gasteiger partial charge in [-0.2, -0.15) is 11.8 Å². The number of hydrogen-bond donors (Lipinski definition) is 1. The number of amides is 1. The fraction of sp³-hybridized carbons (Fsp3) is 0.727. The van der Waals surface area contributed by atoms with Crippen molar-refractivity contribution < 1.29 is 4.79 Å². The molecule has 0 atom stereocenters. The van der Waals surface area contributed by atoms with Crippen molar-refractivity contribution >= 4 is 33.6 Å². The molecule has 0 bridgehead atoms. The molecule has 0 saturated heterocycles. The van der Waals surface area contributed by atoms with Crippen LogP contribution in [0.1, 0.15) is 32.1 Å². The second-order valence-electron chi connectivity index (χ2n) is 3.85. The van der Waals surface area contributed by atoms with Crippen LogP contribution in [-0.4, -0.2) is 23.5 Å². The zero-order chi connectivity index (χ0) is 11.1. The normalized spacial score (nSPS) is 18.8. The van der Waals surface area contributed by atoms with Gasteiger partial charge in [-0.15, -0.1) is 0 Å². The summed E-state index contributed by atoms with van der Waals surface area (Å²) in [6.07, 6.45) is 8.43. The van der Waals surface area contributed by atoms with Crippen LogP contribution in [0.25, 0.3) is 0 Å². The topological polar surface area (TPSA) is 29.1 Å². The molecule has 84 valence electrons. The molecule has 0 heterocycles. The number of thioether (sulfide) groups is 1. The van der Waals surface area contributed by atoms with Gasteiger partial charge in [0.1, 0.15) is 0 Å². The fourth-order valence-electron chi connectivity index (χ4n) is 1.98. The minimum atomic E-state index is -0.189. The molecule has 1 N–H and O–H groups in total. The SMILES string of the molecule is CSC1(CNC(=O)C#CBr)CCCCC1. The molecule has 0 unspecified atom stereocenters. The highest BCUT2D eigenvalue weighted by molar-refractivity contribution is 9.12. The molecule has 0 spiro atoms. The zero-order valence-corrected chi connectivity index (χ0v) is 11.3. The summed E-state index contributed by atoms with van der Waals surface area (Å²) in [5, 5.41) is 2.88. The van der Waals surface area contributed by atoms with E-state index in [1.54, 1.807) is 0 Å². The molecule has 0 aromatic rings. The molecule has 1 amide bonds. The van der Waals surface area contributed by atoms with Crippen LogP contribution in [-0.2, 0) is 4.79 Å². The van der Waals surface area contributed by atoms with Crippen LogP contribution in [0.15, 0.2) is 0 Å². The molecule has 1 aliphatic rings. The van der Waals surface area contributed by atoms with Crippen LogP contribution in [0.4, 0.5) is 0 Å². The lowest BCUT2D eigenvalue weighted by Crippen LogP contribution is -2.41. The molecule has 1 aliphatic carbocycles. The van der Waals surface area contributed by atoms with E-state index >= 15 is 0 Å². The summed E-state index contributed by atoms with van der Waals surface area (Å²) in [5.41, 5.74) is 0. The van der Waals surface area contributed by atoms with Gasteiger partial charge in [-0.25, -0.2) is 0 Å². The van der Waals surface area contributed by atoms with Crippen molar-refractivity contribution in [1.82, 2.24) is 5.32 Å². The lowest BCUT2D eigenvalue weighted by molar-refractivity contribution is -0.115. The molecule has 0 radical (unpaired) electrons. The third kappa shape index (κ3) is 4.08. The Bertz CT molecular complexity index is 276. The van der Waals surface area contributed by atoms with Crippen molar-refractivity contribution in [3.05, 3.63) is 0 Å². The third-order valence-corrected chi connectivity index (χ3v) is 4.55. The van der Waals surface area contributed by atoms with E-state index in [1.807, 2.05) is 11.8 Å². The zero-order valence-electron chi connectivity index (χ0n) is 8.94. The van der Waals surface area contributed by atoms with Crippen LogP contribution in [0, 0.1) is 10.8 Å². The van der Waals surface area contributed by atoms with E-state index in [2.05, 4.69) is 38.3 Å². The van der Waals surface area contributed by atoms with E-state index in [0.29, 0.717) is 0 Å². The van der Waals surface area contributed by atoms with Crippen molar-refractivity contribution in [2.75, 3.05) is 12.8 Å². The minimum Gasteiger partial charge on any atom is -0.344 e. The average molecular weight is 290 g/mol. The smallest absolute Gasteiger partial charge is 0.296 e. The summed E-state index contributed by atoms with van der Waals surface area (Å²) in [4.78, 5) is 13.6. The highest BCUT2D eigenvalue weighted by Crippen LogP contribution is 2.37. The van der Waals surface area contributed by atoms with Crippen LogP contribution < -0.4 is 5.32 Å². The van der Waals surface area contributed by atoms with Gasteiger partial charge in [0, 0.05) is 33.1 Å². The Labute approximate surface area is 104 Å². The molecule has 1 fully saturated rings. The van der Waals surface area contributed by atoms with Crippen molar-refractivity contribution in [1.29, 1.82) is 0 Å². The standard InChI is InChI=1S/C11H16BrNOS/c1-15-11(6-3-2-4-7-11)9-13-10(14)5-8-12/h2-4,6-7,9H2,1H3,(H,13,14). The van der Waals surface area contributed by atoms with Gasteiger partial charge in [-0.05, 0) is 23.9 Å². The lowest BCUT2D eigenvalue weighted by Gasteiger charge is -2.35. The van der Waals surface area contributed by atoms with Gasteiger partial charge in [0.2, 0.25) is 0 Å². The monoisotopic (exact) mass is 289 g/mol. The number of nitrogens with one attached hydrogen (secondary N) is 1. The minimum absolute atomic E-state index is 0.189. The van der Waals surface area contributed by atoms with Gasteiger partial charge in [0.05, 0.1) is 0 Å². The number of rotatable bonds is 3. The average Bonchev–Trinajstić information content (AvgIpc) is 2.28. The Kier molecular flexibility index (Phi) is 5.55. The Morgan fingerprint density at radius 3 is 2.67 bits per heavy atom. The van der Waals surface area contributed by atoms with Crippen LogP contribution in [0.2, 0.25) is 0 Å². The maximum absolute atomic E-state index is 11.2. The summed E-state index contributed by atoms with van der Waals surface area (Å²) in [7, 11) is 0. The number of carbonyl (C=O) groups is 1. The summed E-state index contributed by atoms with van der Waals surface area (Å²) >= 11 is 4.80. The molecule has 2 nitrogen and oxygen atoms in total. The molecule has 15 heavy (non-hydrogen) atoms. The van der Waals surface area contributed by atoms with Crippen molar-refractivity contribution in [2.45, 2.75) is 36.9 Å². The van der Waals surface area contributed by atoms with Gasteiger partial charge in [-0.1, -0.05) is 19.3 Å². The van der Waals surface area contributed by atoms with Crippen molar-refractivity contribution in [3.63, 3.8) is 0 Å². The Balaban J connectivity index is 2.44. The van der Waals surface area contributed by atoms with Gasteiger partial charge < -0.3 is 5.32 Å². The van der Waals surface area contributed by atoms with E-state index in [-0.39, 0.29) is 10.7 Å². The molecular weight excluding hydrogens is 274 g/mol. The van der Waals surface area contributed by atoms with E-state index in [9.17, 15) is 4.79 Å². The maximum atomic E-state index is 11.2. The van der Waals surface area contributed by atoms with Crippen LogP contribution >= 0.6 is 27.7 Å². The number of carbonyl (C=O) groups excluding carboxylic acids is 1. The molecule has 1 saturated carbocycles. The van der Waals surface area contributed by atoms with Crippen molar-refractivity contribution in [2.24, 2.45) is 0 Å². The summed E-state index contributed by atoms with van der Waals surface area (Å²) in [6, 6.07) is 0. The summed E-state index contributed by atoms with van der Waals surface area (Å²) in [6.45, 7) is 0.745. The lowest BCUT2D eigenvalue weighted by atomic mass is 9.88. The predicted molar refractivity (Wildman–Crippen MR) is 69.0 cm³/mol. The highest BCUT2D eigenvalue weighted by Gasteiger charge is 2.31. The van der Waals surface area contributed by atoms with Gasteiger partial charge >= 0.3 is 0 Å². The maximum Gasteiger partial charge on any atom is 0.296 e. The molecule has 0 aromatic carbocycles. The Hall–Kier alpha value is -0.140. The summed E-state index contributed by atoms with van der Waals surface area (Å²) in [5.74, 6) is 2.24. The second kappa shape index (κ2) is 6.44. The largest absolute Gasteiger partial charge is 0.344 e. The Morgan fingerprint density at radius 2 is 2.13 bits per heavy atom. The van der Waals surface area contributed by atoms with Crippen molar-refractivity contribution in [3.8, 4) is 10.8 Å². The summed E-state index contributed by atoms with van der Waals surface area (Å²) < 4.78 is 0.252. The first-order valence-electron chi connectivity index (χ1n) is 5.17. The quantitative estimate of drug-likeness (QED) is 0.809. The molecule has 0 aromatic heterocycles. The first-order chi connectivity index (χ1) is 7.22. The molecule has 4 heteroatoms. The van der Waals surface area contributed by atoms with Crippen LogP contribution in [0.3, 0.4) is 0 Å². The molecule has 0 aliphatic heterocycles. The Morgan fingerprint density at radius 1 is 1.47 bits per heavy atom. The molecule has 1 rings (SSSR count). The third-order valence-electron chi connectivity index (χ3n) is 2.93. The van der Waals surface area contributed by atoms with E-state index in [4.69, 9.17) is 0 Å². The first-order valence-corrected chi connectivity index (χ1v) is 7.19. The van der Waals surface area contributed by atoms with Gasteiger partial charge in [0.25, 0.3) is 5.91 Å².